The molecule has 1 amide bonds. The first kappa shape index (κ1) is 18.2. The summed E-state index contributed by atoms with van der Waals surface area (Å²) in [5, 5.41) is 3.12. The number of rotatable bonds is 3. The molecule has 0 aliphatic heterocycles. The molecule has 6 heteroatoms. The molecule has 0 saturated heterocycles. The summed E-state index contributed by atoms with van der Waals surface area (Å²) >= 11 is 6.33. The highest BCUT2D eigenvalue weighted by Gasteiger charge is 2.16. The van der Waals surface area contributed by atoms with Crippen LogP contribution in [-0.4, -0.2) is 10.9 Å². The molecule has 4 rings (SSSR count). The molecule has 0 aliphatic carbocycles. The summed E-state index contributed by atoms with van der Waals surface area (Å²) in [5.74, 6) is -0.777. The standard InChI is InChI=1S/C22H16ClFN2O2/c1-12-9-19-20(10-13(12)2)28-22(26-19)16-11-14(7-8-17(16)23)25-21(27)15-5-3-4-6-18(15)24/h3-11H,1-2H3,(H,25,27). The number of nitrogens with zero attached hydrogens (tertiary/aromatic N) is 1. The summed E-state index contributed by atoms with van der Waals surface area (Å²) in [6, 6.07) is 14.6. The lowest BCUT2D eigenvalue weighted by atomic mass is 10.1. The van der Waals surface area contributed by atoms with E-state index in [4.69, 9.17) is 16.0 Å². The highest BCUT2D eigenvalue weighted by Crippen LogP contribution is 2.33. The van der Waals surface area contributed by atoms with Crippen molar-refractivity contribution in [3.8, 4) is 11.5 Å². The Bertz CT molecular complexity index is 1180. The maximum Gasteiger partial charge on any atom is 0.258 e. The van der Waals surface area contributed by atoms with Crippen LogP contribution >= 0.6 is 11.6 Å². The average Bonchev–Trinajstić information content (AvgIpc) is 3.06. The third-order valence-electron chi connectivity index (χ3n) is 4.58. The zero-order valence-corrected chi connectivity index (χ0v) is 16.0. The zero-order valence-electron chi connectivity index (χ0n) is 15.2. The lowest BCUT2D eigenvalue weighted by molar-refractivity contribution is 0.102. The summed E-state index contributed by atoms with van der Waals surface area (Å²) in [6.45, 7) is 4.01. The molecule has 0 saturated carbocycles. The number of aryl methyl sites for hydroxylation is 2. The average molecular weight is 395 g/mol. The Hall–Kier alpha value is -3.18. The van der Waals surface area contributed by atoms with E-state index in [1.54, 1.807) is 24.3 Å². The molecule has 4 aromatic rings. The molecule has 0 spiro atoms. The molecular formula is C22H16ClFN2O2. The van der Waals surface area contributed by atoms with Crippen molar-refractivity contribution in [2.45, 2.75) is 13.8 Å². The van der Waals surface area contributed by atoms with Crippen LogP contribution in [-0.2, 0) is 0 Å². The van der Waals surface area contributed by atoms with Crippen molar-refractivity contribution in [2.75, 3.05) is 5.32 Å². The molecule has 0 unspecified atom stereocenters. The van der Waals surface area contributed by atoms with Gasteiger partial charge in [-0.2, -0.15) is 0 Å². The van der Waals surface area contributed by atoms with Crippen molar-refractivity contribution in [2.24, 2.45) is 0 Å². The van der Waals surface area contributed by atoms with Gasteiger partial charge in [0.25, 0.3) is 5.91 Å². The summed E-state index contributed by atoms with van der Waals surface area (Å²) in [4.78, 5) is 16.9. The number of halogens is 2. The number of hydrogen-bond acceptors (Lipinski definition) is 3. The minimum absolute atomic E-state index is 0.0354. The molecular weight excluding hydrogens is 379 g/mol. The minimum atomic E-state index is -0.584. The van der Waals surface area contributed by atoms with Gasteiger partial charge in [-0.25, -0.2) is 9.37 Å². The van der Waals surface area contributed by atoms with Gasteiger partial charge in [-0.15, -0.1) is 0 Å². The maximum atomic E-state index is 13.8. The number of hydrogen-bond donors (Lipinski definition) is 1. The van der Waals surface area contributed by atoms with Crippen molar-refractivity contribution in [3.05, 3.63) is 82.1 Å². The van der Waals surface area contributed by atoms with Crippen LogP contribution in [0, 0.1) is 19.7 Å². The molecule has 3 aromatic carbocycles. The Kier molecular flexibility index (Phi) is 4.61. The third kappa shape index (κ3) is 3.37. The van der Waals surface area contributed by atoms with Gasteiger partial charge in [0.2, 0.25) is 5.89 Å². The van der Waals surface area contributed by atoms with Crippen molar-refractivity contribution in [1.82, 2.24) is 4.98 Å². The van der Waals surface area contributed by atoms with Gasteiger partial charge in [-0.1, -0.05) is 23.7 Å². The number of carbonyl (C=O) groups is 1. The fourth-order valence-electron chi connectivity index (χ4n) is 2.91. The van der Waals surface area contributed by atoms with Crippen LogP contribution in [0.25, 0.3) is 22.6 Å². The molecule has 0 radical (unpaired) electrons. The number of carbonyl (C=O) groups excluding carboxylic acids is 1. The predicted octanol–water partition coefficient (Wildman–Crippen LogP) is 6.16. The van der Waals surface area contributed by atoms with E-state index in [9.17, 15) is 9.18 Å². The van der Waals surface area contributed by atoms with E-state index in [1.807, 2.05) is 26.0 Å². The minimum Gasteiger partial charge on any atom is -0.436 e. The number of amides is 1. The first-order valence-corrected chi connectivity index (χ1v) is 9.04. The second-order valence-electron chi connectivity index (χ2n) is 6.55. The van der Waals surface area contributed by atoms with Crippen LogP contribution in [0.15, 0.2) is 59.0 Å². The SMILES string of the molecule is Cc1cc2nc(-c3cc(NC(=O)c4ccccc4F)ccc3Cl)oc2cc1C. The van der Waals surface area contributed by atoms with Crippen molar-refractivity contribution >= 4 is 34.3 Å². The Morgan fingerprint density at radius 3 is 2.61 bits per heavy atom. The molecule has 0 aliphatic rings. The second kappa shape index (κ2) is 7.09. The Labute approximate surface area is 166 Å². The normalized spacial score (nSPS) is 11.0. The van der Waals surface area contributed by atoms with Gasteiger partial charge in [0, 0.05) is 5.69 Å². The second-order valence-corrected chi connectivity index (χ2v) is 6.96. The van der Waals surface area contributed by atoms with E-state index in [0.717, 1.165) is 16.6 Å². The number of anilines is 1. The molecule has 0 fully saturated rings. The maximum absolute atomic E-state index is 13.8. The monoisotopic (exact) mass is 394 g/mol. The summed E-state index contributed by atoms with van der Waals surface area (Å²) < 4.78 is 19.7. The number of oxazole rings is 1. The van der Waals surface area contributed by atoms with Crippen molar-refractivity contribution in [1.29, 1.82) is 0 Å². The van der Waals surface area contributed by atoms with Crippen LogP contribution in [0.4, 0.5) is 10.1 Å². The van der Waals surface area contributed by atoms with Gasteiger partial charge in [0.1, 0.15) is 11.3 Å². The number of benzene rings is 3. The van der Waals surface area contributed by atoms with Gasteiger partial charge < -0.3 is 9.73 Å². The largest absolute Gasteiger partial charge is 0.436 e. The quantitative estimate of drug-likeness (QED) is 0.453. The molecule has 4 nitrogen and oxygen atoms in total. The fourth-order valence-corrected chi connectivity index (χ4v) is 3.10. The Morgan fingerprint density at radius 2 is 1.82 bits per heavy atom. The van der Waals surface area contributed by atoms with E-state index in [-0.39, 0.29) is 5.56 Å². The van der Waals surface area contributed by atoms with E-state index >= 15 is 0 Å². The van der Waals surface area contributed by atoms with Gasteiger partial charge in [0.15, 0.2) is 5.58 Å². The molecule has 140 valence electrons. The summed E-state index contributed by atoms with van der Waals surface area (Å²) in [6.07, 6.45) is 0. The highest BCUT2D eigenvalue weighted by atomic mass is 35.5. The fraction of sp³-hybridized carbons (Fsp3) is 0.0909. The predicted molar refractivity (Wildman–Crippen MR) is 108 cm³/mol. The third-order valence-corrected chi connectivity index (χ3v) is 4.91. The molecule has 0 atom stereocenters. The molecule has 1 N–H and O–H groups in total. The van der Waals surface area contributed by atoms with Crippen molar-refractivity contribution < 1.29 is 13.6 Å². The number of fused-ring (bicyclic) bond motifs is 1. The summed E-state index contributed by atoms with van der Waals surface area (Å²) in [5.41, 5.74) is 4.58. The molecule has 1 aromatic heterocycles. The van der Waals surface area contributed by atoms with E-state index in [0.29, 0.717) is 27.7 Å². The first-order chi connectivity index (χ1) is 13.4. The van der Waals surface area contributed by atoms with Gasteiger partial charge in [-0.05, 0) is 67.4 Å². The van der Waals surface area contributed by atoms with E-state index < -0.39 is 11.7 Å². The smallest absolute Gasteiger partial charge is 0.258 e. The van der Waals surface area contributed by atoms with Crippen molar-refractivity contribution in [3.63, 3.8) is 0 Å². The van der Waals surface area contributed by atoms with Crippen LogP contribution in [0.5, 0.6) is 0 Å². The van der Waals surface area contributed by atoms with E-state index in [2.05, 4.69) is 10.3 Å². The van der Waals surface area contributed by atoms with Gasteiger partial charge >= 0.3 is 0 Å². The van der Waals surface area contributed by atoms with Crippen LogP contribution in [0.1, 0.15) is 21.5 Å². The zero-order chi connectivity index (χ0) is 19.8. The molecule has 1 heterocycles. The molecule has 28 heavy (non-hydrogen) atoms. The highest BCUT2D eigenvalue weighted by molar-refractivity contribution is 6.33. The van der Waals surface area contributed by atoms with Gasteiger partial charge in [-0.3, -0.25) is 4.79 Å². The topological polar surface area (TPSA) is 55.1 Å². The van der Waals surface area contributed by atoms with Crippen LogP contribution in [0.2, 0.25) is 5.02 Å². The Morgan fingerprint density at radius 1 is 1.07 bits per heavy atom. The first-order valence-electron chi connectivity index (χ1n) is 8.66. The van der Waals surface area contributed by atoms with Crippen LogP contribution in [0.3, 0.4) is 0 Å². The number of nitrogens with one attached hydrogen (secondary N) is 1. The lowest BCUT2D eigenvalue weighted by Gasteiger charge is -2.08. The molecule has 0 bridgehead atoms. The number of aromatic nitrogens is 1. The Balaban J connectivity index is 1.70. The lowest BCUT2D eigenvalue weighted by Crippen LogP contribution is -2.13. The van der Waals surface area contributed by atoms with Gasteiger partial charge in [0.05, 0.1) is 16.1 Å². The summed E-state index contributed by atoms with van der Waals surface area (Å²) in [7, 11) is 0. The van der Waals surface area contributed by atoms with Crippen LogP contribution < -0.4 is 5.32 Å². The van der Waals surface area contributed by atoms with E-state index in [1.165, 1.54) is 18.2 Å².